The topological polar surface area (TPSA) is 72.8 Å². The van der Waals surface area contributed by atoms with Crippen molar-refractivity contribution < 1.29 is 24.2 Å². The van der Waals surface area contributed by atoms with Gasteiger partial charge in [-0.2, -0.15) is 0 Å². The molecule has 0 spiro atoms. The Hall–Kier alpha value is -2.14. The summed E-state index contributed by atoms with van der Waals surface area (Å²) in [5.74, 6) is -0.569. The van der Waals surface area contributed by atoms with Gasteiger partial charge in [0.05, 0.1) is 6.61 Å². The van der Waals surface area contributed by atoms with Crippen LogP contribution in [0.3, 0.4) is 0 Å². The average Bonchev–Trinajstić information content (AvgIpc) is 3.44. The van der Waals surface area contributed by atoms with E-state index in [1.54, 1.807) is 0 Å². The van der Waals surface area contributed by atoms with Gasteiger partial charge in [-0.3, -0.25) is 9.59 Å². The van der Waals surface area contributed by atoms with E-state index in [-0.39, 0.29) is 25.2 Å². The van der Waals surface area contributed by atoms with Crippen LogP contribution in [0.25, 0.3) is 0 Å². The van der Waals surface area contributed by atoms with Gasteiger partial charge in [0.2, 0.25) is 0 Å². The Labute approximate surface area is 488 Å². The van der Waals surface area contributed by atoms with Gasteiger partial charge in [-0.05, 0) is 77.0 Å². The minimum absolute atomic E-state index is 0.0608. The normalized spacial score (nSPS) is 12.4. The van der Waals surface area contributed by atoms with Gasteiger partial charge in [-0.1, -0.05) is 345 Å². The summed E-state index contributed by atoms with van der Waals surface area (Å²) >= 11 is 0. The maximum atomic E-state index is 12.4. The summed E-state index contributed by atoms with van der Waals surface area (Å²) in [6, 6.07) is 0. The first kappa shape index (κ1) is 75.9. The zero-order valence-electron chi connectivity index (χ0n) is 52.7. The lowest BCUT2D eigenvalue weighted by Crippen LogP contribution is -2.28. The van der Waals surface area contributed by atoms with Gasteiger partial charge in [-0.15, -0.1) is 0 Å². The molecular formula is C73H136O5. The van der Waals surface area contributed by atoms with Crippen molar-refractivity contribution in [3.8, 4) is 0 Å². The summed E-state index contributed by atoms with van der Waals surface area (Å²) < 4.78 is 10.8. The number of aliphatic hydroxyl groups excluding tert-OH is 1. The van der Waals surface area contributed by atoms with E-state index in [2.05, 4.69) is 62.5 Å². The Morgan fingerprint density at radius 2 is 0.513 bits per heavy atom. The molecule has 5 nitrogen and oxygen atoms in total. The van der Waals surface area contributed by atoms with Crippen LogP contribution < -0.4 is 0 Å². The summed E-state index contributed by atoms with van der Waals surface area (Å²) in [5, 5.41) is 9.70. The summed E-state index contributed by atoms with van der Waals surface area (Å²) in [4.78, 5) is 24.6. The molecule has 0 fully saturated rings. The molecule has 0 aromatic carbocycles. The first-order valence-electron chi connectivity index (χ1n) is 35.2. The lowest BCUT2D eigenvalue weighted by atomic mass is 10.0. The lowest BCUT2D eigenvalue weighted by Gasteiger charge is -2.15. The molecule has 0 amide bonds. The van der Waals surface area contributed by atoms with Crippen LogP contribution in [0, 0.1) is 0 Å². The summed E-state index contributed by atoms with van der Waals surface area (Å²) in [6.07, 6.45) is 93.0. The number of unbranched alkanes of at least 4 members (excludes halogenated alkanes) is 50. The fraction of sp³-hybridized carbons (Fsp3) is 0.863. The number of rotatable bonds is 66. The van der Waals surface area contributed by atoms with E-state index in [0.717, 1.165) is 51.4 Å². The highest BCUT2D eigenvalue weighted by Crippen LogP contribution is 2.19. The Balaban J connectivity index is 3.39. The van der Waals surface area contributed by atoms with E-state index in [1.165, 1.54) is 308 Å². The maximum absolute atomic E-state index is 12.4. The second-order valence-corrected chi connectivity index (χ2v) is 24.0. The van der Waals surface area contributed by atoms with Crippen molar-refractivity contribution >= 4 is 11.9 Å². The quantitative estimate of drug-likeness (QED) is 0.0373. The van der Waals surface area contributed by atoms with E-state index in [1.807, 2.05) is 0 Å². The maximum Gasteiger partial charge on any atom is 0.306 e. The minimum Gasteiger partial charge on any atom is -0.462 e. The molecule has 0 bridgehead atoms. The molecule has 1 unspecified atom stereocenters. The van der Waals surface area contributed by atoms with Crippen LogP contribution >= 0.6 is 0 Å². The van der Waals surface area contributed by atoms with Gasteiger partial charge >= 0.3 is 11.9 Å². The van der Waals surface area contributed by atoms with Crippen molar-refractivity contribution in [2.24, 2.45) is 0 Å². The summed E-state index contributed by atoms with van der Waals surface area (Å²) in [7, 11) is 0. The SMILES string of the molecule is CCCCCCC/C=C\C/C=C\CCCCCCCCCCCCCCCCCCCCCCCCCCCC(=O)OC(CO)COC(=O)CCCCCCCCCCCCCCCCC/C=C\C/C=C\CCCCCCC. The molecule has 78 heavy (non-hydrogen) atoms. The third kappa shape index (κ3) is 66.4. The van der Waals surface area contributed by atoms with Crippen LogP contribution in [0.4, 0.5) is 0 Å². The van der Waals surface area contributed by atoms with Crippen LogP contribution in [-0.4, -0.2) is 36.4 Å². The number of carbonyl (C=O) groups is 2. The van der Waals surface area contributed by atoms with Crippen LogP contribution in [0.5, 0.6) is 0 Å². The highest BCUT2D eigenvalue weighted by Gasteiger charge is 2.16. The molecule has 0 saturated heterocycles. The molecule has 5 heteroatoms. The van der Waals surface area contributed by atoms with Crippen LogP contribution in [0.1, 0.15) is 386 Å². The van der Waals surface area contributed by atoms with Crippen molar-refractivity contribution in [2.45, 2.75) is 392 Å². The molecule has 0 aliphatic carbocycles. The van der Waals surface area contributed by atoms with Gasteiger partial charge in [0.1, 0.15) is 6.61 Å². The van der Waals surface area contributed by atoms with Crippen molar-refractivity contribution in [3.63, 3.8) is 0 Å². The first-order valence-corrected chi connectivity index (χ1v) is 35.2. The van der Waals surface area contributed by atoms with E-state index in [0.29, 0.717) is 12.8 Å². The Morgan fingerprint density at radius 1 is 0.295 bits per heavy atom. The lowest BCUT2D eigenvalue weighted by molar-refractivity contribution is -0.161. The second kappa shape index (κ2) is 69.1. The van der Waals surface area contributed by atoms with E-state index < -0.39 is 6.10 Å². The second-order valence-electron chi connectivity index (χ2n) is 24.0. The highest BCUT2D eigenvalue weighted by atomic mass is 16.6. The summed E-state index contributed by atoms with van der Waals surface area (Å²) in [5.41, 5.74) is 0. The van der Waals surface area contributed by atoms with E-state index in [4.69, 9.17) is 9.47 Å². The minimum atomic E-state index is -0.771. The van der Waals surface area contributed by atoms with Gasteiger partial charge in [0, 0.05) is 12.8 Å². The summed E-state index contributed by atoms with van der Waals surface area (Å²) in [6.45, 7) is 4.17. The van der Waals surface area contributed by atoms with Gasteiger partial charge in [-0.25, -0.2) is 0 Å². The molecule has 1 atom stereocenters. The molecule has 0 aliphatic rings. The predicted molar refractivity (Wildman–Crippen MR) is 344 cm³/mol. The van der Waals surface area contributed by atoms with Crippen molar-refractivity contribution in [1.82, 2.24) is 0 Å². The largest absolute Gasteiger partial charge is 0.462 e. The molecule has 0 heterocycles. The fourth-order valence-corrected chi connectivity index (χ4v) is 10.8. The van der Waals surface area contributed by atoms with Crippen molar-refractivity contribution in [2.75, 3.05) is 13.2 Å². The molecule has 0 rings (SSSR count). The molecule has 458 valence electrons. The molecule has 0 aromatic heterocycles. The molecule has 0 aliphatic heterocycles. The Morgan fingerprint density at radius 3 is 0.756 bits per heavy atom. The third-order valence-electron chi connectivity index (χ3n) is 16.1. The van der Waals surface area contributed by atoms with Crippen LogP contribution in [-0.2, 0) is 19.1 Å². The predicted octanol–water partition coefficient (Wildman–Crippen LogP) is 24.3. The molecule has 0 radical (unpaired) electrons. The fourth-order valence-electron chi connectivity index (χ4n) is 10.8. The molecule has 0 aromatic rings. The smallest absolute Gasteiger partial charge is 0.306 e. The van der Waals surface area contributed by atoms with Crippen molar-refractivity contribution in [1.29, 1.82) is 0 Å². The number of allylic oxidation sites excluding steroid dienone is 8. The molecule has 0 saturated carbocycles. The Kier molecular flexibility index (Phi) is 67.2. The third-order valence-corrected chi connectivity index (χ3v) is 16.1. The number of aliphatic hydroxyl groups is 1. The molecular weight excluding hydrogens is 957 g/mol. The highest BCUT2D eigenvalue weighted by molar-refractivity contribution is 5.70. The Bertz CT molecular complexity index is 1280. The number of ether oxygens (including phenoxy) is 2. The zero-order chi connectivity index (χ0) is 56.2. The van der Waals surface area contributed by atoms with E-state index >= 15 is 0 Å². The van der Waals surface area contributed by atoms with E-state index in [9.17, 15) is 14.7 Å². The zero-order valence-corrected chi connectivity index (χ0v) is 52.7. The number of esters is 2. The van der Waals surface area contributed by atoms with Gasteiger partial charge in [0.15, 0.2) is 6.10 Å². The number of carbonyl (C=O) groups excluding carboxylic acids is 2. The number of hydrogen-bond acceptors (Lipinski definition) is 5. The molecule has 1 N–H and O–H groups in total. The van der Waals surface area contributed by atoms with Crippen LogP contribution in [0.2, 0.25) is 0 Å². The van der Waals surface area contributed by atoms with Gasteiger partial charge < -0.3 is 14.6 Å². The van der Waals surface area contributed by atoms with Gasteiger partial charge in [0.25, 0.3) is 0 Å². The monoisotopic (exact) mass is 1090 g/mol. The van der Waals surface area contributed by atoms with Crippen LogP contribution in [0.15, 0.2) is 48.6 Å². The first-order chi connectivity index (χ1) is 38.6. The standard InChI is InChI=1S/C73H136O5/c1-3-5-7-9-11-13-15-17-19-21-23-25-27-29-31-32-33-34-35-36-37-38-39-40-42-44-46-48-50-52-54-56-58-60-62-64-66-68-73(76)78-71(69-74)70-77-72(75)67-65-63-61-59-57-55-53-51-49-47-45-43-41-30-28-26-24-22-20-18-16-14-12-10-8-6-4-2/h15-18,21-24,71,74H,3-14,19-20,25-70H2,1-2H3/b17-15-,18-16-,23-21-,24-22-. The average molecular weight is 1090 g/mol. The number of hydrogen-bond donors (Lipinski definition) is 1. The van der Waals surface area contributed by atoms with Crippen molar-refractivity contribution in [3.05, 3.63) is 48.6 Å².